The molecule has 0 aromatic carbocycles. The summed E-state index contributed by atoms with van der Waals surface area (Å²) in [4.78, 5) is 3.91. The van der Waals surface area contributed by atoms with Gasteiger partial charge in [0, 0.05) is 10.9 Å². The van der Waals surface area contributed by atoms with Crippen LogP contribution in [0, 0.1) is 5.92 Å². The van der Waals surface area contributed by atoms with Crippen molar-refractivity contribution in [1.29, 1.82) is 0 Å². The van der Waals surface area contributed by atoms with Gasteiger partial charge in [-0.05, 0) is 57.3 Å². The summed E-state index contributed by atoms with van der Waals surface area (Å²) in [6.45, 7) is 6.46. The van der Waals surface area contributed by atoms with E-state index in [0.29, 0.717) is 12.0 Å². The van der Waals surface area contributed by atoms with Gasteiger partial charge in [0.05, 0.1) is 0 Å². The van der Waals surface area contributed by atoms with Crippen molar-refractivity contribution >= 4 is 11.3 Å². The molecule has 0 aliphatic heterocycles. The summed E-state index contributed by atoms with van der Waals surface area (Å²) in [6, 6.07) is 4.96. The van der Waals surface area contributed by atoms with E-state index in [2.05, 4.69) is 43.3 Å². The summed E-state index contributed by atoms with van der Waals surface area (Å²) in [7, 11) is 2.21. The van der Waals surface area contributed by atoms with Crippen molar-refractivity contribution in [1.82, 2.24) is 4.90 Å². The van der Waals surface area contributed by atoms with Gasteiger partial charge < -0.3 is 10.6 Å². The Balaban J connectivity index is 2.27. The second kappa shape index (κ2) is 7.05. The zero-order chi connectivity index (χ0) is 12.0. The Morgan fingerprint density at radius 3 is 2.75 bits per heavy atom. The number of nitrogens with zero attached hydrogens (tertiary/aromatic N) is 1. The predicted octanol–water partition coefficient (Wildman–Crippen LogP) is 2.60. The summed E-state index contributed by atoms with van der Waals surface area (Å²) < 4.78 is 0. The summed E-state index contributed by atoms with van der Waals surface area (Å²) in [6.07, 6.45) is 2.35. The van der Waals surface area contributed by atoms with E-state index in [1.165, 1.54) is 11.3 Å². The minimum atomic E-state index is 0.614. The van der Waals surface area contributed by atoms with Crippen LogP contribution in [0.5, 0.6) is 0 Å². The Labute approximate surface area is 103 Å². The molecule has 0 amide bonds. The zero-order valence-electron chi connectivity index (χ0n) is 10.6. The molecule has 0 saturated carbocycles. The first-order valence-electron chi connectivity index (χ1n) is 6.06. The molecule has 0 aliphatic rings. The molecule has 2 atom stereocenters. The summed E-state index contributed by atoms with van der Waals surface area (Å²) in [5.74, 6) is 0.636. The lowest BCUT2D eigenvalue weighted by Crippen LogP contribution is -2.32. The highest BCUT2D eigenvalue weighted by molar-refractivity contribution is 7.09. The van der Waals surface area contributed by atoms with Crippen LogP contribution in [0.4, 0.5) is 0 Å². The van der Waals surface area contributed by atoms with E-state index in [9.17, 15) is 0 Å². The number of nitrogens with two attached hydrogens (primary N) is 1. The van der Waals surface area contributed by atoms with E-state index in [0.717, 1.165) is 19.5 Å². The van der Waals surface area contributed by atoms with Crippen LogP contribution in [0.3, 0.4) is 0 Å². The molecule has 1 heterocycles. The van der Waals surface area contributed by atoms with Gasteiger partial charge in [-0.3, -0.25) is 0 Å². The Morgan fingerprint density at radius 1 is 1.44 bits per heavy atom. The minimum absolute atomic E-state index is 0.614. The first kappa shape index (κ1) is 13.7. The second-order valence-electron chi connectivity index (χ2n) is 4.74. The number of hydrogen-bond donors (Lipinski definition) is 1. The molecule has 0 radical (unpaired) electrons. The van der Waals surface area contributed by atoms with E-state index in [1.54, 1.807) is 0 Å². The van der Waals surface area contributed by atoms with Crippen LogP contribution in [0.25, 0.3) is 0 Å². The van der Waals surface area contributed by atoms with Gasteiger partial charge in [0.2, 0.25) is 0 Å². The first-order valence-corrected chi connectivity index (χ1v) is 6.94. The topological polar surface area (TPSA) is 29.3 Å². The maximum absolute atomic E-state index is 5.63. The Bertz CT molecular complexity index is 271. The number of rotatable bonds is 7. The van der Waals surface area contributed by atoms with E-state index >= 15 is 0 Å². The van der Waals surface area contributed by atoms with Gasteiger partial charge in [-0.2, -0.15) is 0 Å². The fourth-order valence-electron chi connectivity index (χ4n) is 1.64. The summed E-state index contributed by atoms with van der Waals surface area (Å²) in [5, 5.41) is 2.15. The Hall–Kier alpha value is -0.380. The molecule has 0 bridgehead atoms. The number of thiophene rings is 1. The van der Waals surface area contributed by atoms with Crippen LogP contribution in [0.2, 0.25) is 0 Å². The molecule has 2 N–H and O–H groups in total. The maximum atomic E-state index is 5.63. The molecule has 2 unspecified atom stereocenters. The monoisotopic (exact) mass is 240 g/mol. The lowest BCUT2D eigenvalue weighted by Gasteiger charge is -2.25. The molecule has 2 nitrogen and oxygen atoms in total. The largest absolute Gasteiger partial charge is 0.330 e. The van der Waals surface area contributed by atoms with Crippen molar-refractivity contribution in [3.05, 3.63) is 22.4 Å². The molecule has 0 saturated heterocycles. The van der Waals surface area contributed by atoms with Gasteiger partial charge in [0.15, 0.2) is 0 Å². The summed E-state index contributed by atoms with van der Waals surface area (Å²) >= 11 is 1.85. The number of likely N-dealkylation sites (N-methyl/N-ethyl adjacent to an activating group) is 1. The van der Waals surface area contributed by atoms with E-state index < -0.39 is 0 Å². The highest BCUT2D eigenvalue weighted by Crippen LogP contribution is 2.14. The van der Waals surface area contributed by atoms with Crippen LogP contribution in [0.15, 0.2) is 17.5 Å². The van der Waals surface area contributed by atoms with Crippen molar-refractivity contribution < 1.29 is 0 Å². The molecule has 0 aliphatic carbocycles. The number of hydrogen-bond acceptors (Lipinski definition) is 3. The standard InChI is InChI=1S/C13H24N2S/c1-11(10-14)6-7-15(3)12(2)9-13-5-4-8-16-13/h4-5,8,11-12H,6-7,9-10,14H2,1-3H3. The third-order valence-corrected chi connectivity index (χ3v) is 4.10. The lowest BCUT2D eigenvalue weighted by atomic mass is 10.1. The van der Waals surface area contributed by atoms with Crippen LogP contribution < -0.4 is 5.73 Å². The van der Waals surface area contributed by atoms with E-state index in [-0.39, 0.29) is 0 Å². The van der Waals surface area contributed by atoms with Gasteiger partial charge in [0.25, 0.3) is 0 Å². The van der Waals surface area contributed by atoms with E-state index in [4.69, 9.17) is 5.73 Å². The fraction of sp³-hybridized carbons (Fsp3) is 0.692. The van der Waals surface area contributed by atoms with E-state index in [1.807, 2.05) is 11.3 Å². The SMILES string of the molecule is CC(CN)CCN(C)C(C)Cc1cccs1. The van der Waals surface area contributed by atoms with Gasteiger partial charge in [-0.1, -0.05) is 13.0 Å². The smallest absolute Gasteiger partial charge is 0.0112 e. The molecule has 1 aromatic heterocycles. The van der Waals surface area contributed by atoms with Crippen molar-refractivity contribution in [3.8, 4) is 0 Å². The Morgan fingerprint density at radius 2 is 2.19 bits per heavy atom. The normalized spacial score (nSPS) is 15.3. The van der Waals surface area contributed by atoms with Gasteiger partial charge in [-0.25, -0.2) is 0 Å². The average molecular weight is 240 g/mol. The van der Waals surface area contributed by atoms with Crippen molar-refractivity contribution in [2.75, 3.05) is 20.1 Å². The van der Waals surface area contributed by atoms with Crippen LogP contribution in [0.1, 0.15) is 25.1 Å². The van der Waals surface area contributed by atoms with Crippen LogP contribution >= 0.6 is 11.3 Å². The molecule has 0 fully saturated rings. The quantitative estimate of drug-likeness (QED) is 0.794. The van der Waals surface area contributed by atoms with Gasteiger partial charge >= 0.3 is 0 Å². The third kappa shape index (κ3) is 4.64. The van der Waals surface area contributed by atoms with Crippen LogP contribution in [-0.4, -0.2) is 31.1 Å². The fourth-order valence-corrected chi connectivity index (χ4v) is 2.46. The third-order valence-electron chi connectivity index (χ3n) is 3.21. The molecule has 1 rings (SSSR count). The van der Waals surface area contributed by atoms with Gasteiger partial charge in [0.1, 0.15) is 0 Å². The maximum Gasteiger partial charge on any atom is 0.0112 e. The molecule has 16 heavy (non-hydrogen) atoms. The van der Waals surface area contributed by atoms with Crippen molar-refractivity contribution in [2.24, 2.45) is 11.7 Å². The van der Waals surface area contributed by atoms with Crippen molar-refractivity contribution in [3.63, 3.8) is 0 Å². The second-order valence-corrected chi connectivity index (χ2v) is 5.77. The summed E-state index contributed by atoms with van der Waals surface area (Å²) in [5.41, 5.74) is 5.63. The molecular weight excluding hydrogens is 216 g/mol. The first-order chi connectivity index (χ1) is 7.63. The zero-order valence-corrected chi connectivity index (χ0v) is 11.5. The van der Waals surface area contributed by atoms with Crippen LogP contribution in [-0.2, 0) is 6.42 Å². The molecular formula is C13H24N2S. The lowest BCUT2D eigenvalue weighted by molar-refractivity contribution is 0.241. The highest BCUT2D eigenvalue weighted by atomic mass is 32.1. The Kier molecular flexibility index (Phi) is 6.03. The molecule has 1 aromatic rings. The molecule has 3 heteroatoms. The minimum Gasteiger partial charge on any atom is -0.330 e. The van der Waals surface area contributed by atoms with Crippen molar-refractivity contribution in [2.45, 2.75) is 32.7 Å². The van der Waals surface area contributed by atoms with Gasteiger partial charge in [-0.15, -0.1) is 11.3 Å². The average Bonchev–Trinajstić information content (AvgIpc) is 2.77. The predicted molar refractivity (Wildman–Crippen MR) is 73.0 cm³/mol. The molecule has 92 valence electrons. The molecule has 0 spiro atoms. The highest BCUT2D eigenvalue weighted by Gasteiger charge is 2.11.